The van der Waals surface area contributed by atoms with Crippen molar-refractivity contribution in [3.8, 4) is 11.5 Å². The Morgan fingerprint density at radius 2 is 2.26 bits per heavy atom. The zero-order valence-corrected chi connectivity index (χ0v) is 10.7. The lowest BCUT2D eigenvalue weighted by atomic mass is 9.93. The first kappa shape index (κ1) is 12.1. The van der Waals surface area contributed by atoms with E-state index in [0.29, 0.717) is 11.5 Å². The summed E-state index contributed by atoms with van der Waals surface area (Å²) in [6.07, 6.45) is 2.55. The molecule has 1 aromatic carbocycles. The van der Waals surface area contributed by atoms with E-state index in [0.717, 1.165) is 24.2 Å². The van der Waals surface area contributed by atoms with Crippen molar-refractivity contribution in [2.75, 3.05) is 13.6 Å². The Morgan fingerprint density at radius 1 is 1.37 bits per heavy atom. The minimum atomic E-state index is -0.283. The fourth-order valence-electron chi connectivity index (χ4n) is 2.49. The number of pyridine rings is 1. The van der Waals surface area contributed by atoms with E-state index in [4.69, 9.17) is 4.74 Å². The molecule has 1 aliphatic rings. The Hall–Kier alpha value is -1.94. The van der Waals surface area contributed by atoms with Gasteiger partial charge in [0, 0.05) is 31.1 Å². The first-order valence-electron chi connectivity index (χ1n) is 6.33. The van der Waals surface area contributed by atoms with Gasteiger partial charge in [-0.3, -0.25) is 4.98 Å². The van der Waals surface area contributed by atoms with E-state index in [9.17, 15) is 4.39 Å². The normalized spacial score (nSPS) is 17.1. The van der Waals surface area contributed by atoms with Crippen LogP contribution in [-0.4, -0.2) is 18.6 Å². The predicted molar refractivity (Wildman–Crippen MR) is 71.1 cm³/mol. The fraction of sp³-hybridized carbons (Fsp3) is 0.267. The van der Waals surface area contributed by atoms with E-state index in [1.54, 1.807) is 12.3 Å². The molecule has 1 N–H and O–H groups in total. The van der Waals surface area contributed by atoms with E-state index in [-0.39, 0.29) is 11.7 Å². The van der Waals surface area contributed by atoms with E-state index >= 15 is 0 Å². The summed E-state index contributed by atoms with van der Waals surface area (Å²) in [7, 11) is 1.91. The molecule has 0 fully saturated rings. The third-order valence-corrected chi connectivity index (χ3v) is 3.37. The van der Waals surface area contributed by atoms with Gasteiger partial charge in [0.15, 0.2) is 0 Å². The highest BCUT2D eigenvalue weighted by Crippen LogP contribution is 2.38. The van der Waals surface area contributed by atoms with Gasteiger partial charge in [-0.25, -0.2) is 4.39 Å². The van der Waals surface area contributed by atoms with Crippen LogP contribution in [0.1, 0.15) is 17.2 Å². The highest BCUT2D eigenvalue weighted by Gasteiger charge is 2.24. The van der Waals surface area contributed by atoms with Crippen molar-refractivity contribution >= 4 is 0 Å². The number of hydrogen-bond donors (Lipinski definition) is 1. The summed E-state index contributed by atoms with van der Waals surface area (Å²) in [6, 6.07) is 8.43. The summed E-state index contributed by atoms with van der Waals surface area (Å²) in [6.45, 7) is 0.804. The molecule has 1 aliphatic heterocycles. The minimum Gasteiger partial charge on any atom is -0.455 e. The van der Waals surface area contributed by atoms with Crippen molar-refractivity contribution < 1.29 is 9.13 Å². The quantitative estimate of drug-likeness (QED) is 0.899. The monoisotopic (exact) mass is 258 g/mol. The number of nitrogens with one attached hydrogen (secondary N) is 1. The Bertz CT molecular complexity index is 600. The van der Waals surface area contributed by atoms with Gasteiger partial charge in [-0.15, -0.1) is 0 Å². The Morgan fingerprint density at radius 3 is 3.11 bits per heavy atom. The van der Waals surface area contributed by atoms with Crippen molar-refractivity contribution in [1.29, 1.82) is 0 Å². The predicted octanol–water partition coefficient (Wildman–Crippen LogP) is 2.87. The van der Waals surface area contributed by atoms with Gasteiger partial charge in [-0.05, 0) is 30.8 Å². The molecule has 98 valence electrons. The van der Waals surface area contributed by atoms with Gasteiger partial charge in [0.1, 0.15) is 17.3 Å². The van der Waals surface area contributed by atoms with Crippen LogP contribution in [0.5, 0.6) is 11.5 Å². The number of ether oxygens (including phenoxy) is 1. The summed E-state index contributed by atoms with van der Waals surface area (Å²) in [5, 5.41) is 3.17. The number of likely N-dealkylation sites (N-methyl/N-ethyl adjacent to an activating group) is 1. The zero-order chi connectivity index (χ0) is 13.2. The van der Waals surface area contributed by atoms with Gasteiger partial charge >= 0.3 is 0 Å². The van der Waals surface area contributed by atoms with Crippen LogP contribution in [0.25, 0.3) is 0 Å². The topological polar surface area (TPSA) is 34.2 Å². The molecule has 0 spiro atoms. The molecule has 1 atom stereocenters. The first-order chi connectivity index (χ1) is 9.28. The second kappa shape index (κ2) is 4.97. The van der Waals surface area contributed by atoms with Crippen molar-refractivity contribution in [1.82, 2.24) is 10.3 Å². The third kappa shape index (κ3) is 2.31. The van der Waals surface area contributed by atoms with Crippen LogP contribution in [0.3, 0.4) is 0 Å². The fourth-order valence-corrected chi connectivity index (χ4v) is 2.49. The molecule has 3 nitrogen and oxygen atoms in total. The molecule has 0 saturated heterocycles. The molecular formula is C15H15FN2O. The van der Waals surface area contributed by atoms with Gasteiger partial charge in [0.25, 0.3) is 0 Å². The third-order valence-electron chi connectivity index (χ3n) is 3.37. The van der Waals surface area contributed by atoms with Crippen LogP contribution in [-0.2, 0) is 6.42 Å². The first-order valence-corrected chi connectivity index (χ1v) is 6.33. The average molecular weight is 258 g/mol. The maximum absolute atomic E-state index is 13.4. The van der Waals surface area contributed by atoms with Crippen molar-refractivity contribution in [3.05, 3.63) is 53.6 Å². The molecule has 4 heteroatoms. The molecule has 0 radical (unpaired) electrons. The molecule has 19 heavy (non-hydrogen) atoms. The number of benzene rings is 1. The smallest absolute Gasteiger partial charge is 0.148 e. The average Bonchev–Trinajstić information content (AvgIpc) is 2.55. The van der Waals surface area contributed by atoms with Crippen molar-refractivity contribution in [2.24, 2.45) is 0 Å². The largest absolute Gasteiger partial charge is 0.455 e. The molecule has 0 bridgehead atoms. The Balaban J connectivity index is 2.10. The summed E-state index contributed by atoms with van der Waals surface area (Å²) < 4.78 is 19.2. The van der Waals surface area contributed by atoms with Gasteiger partial charge in [-0.2, -0.15) is 0 Å². The van der Waals surface area contributed by atoms with Gasteiger partial charge in [0.05, 0.1) is 5.69 Å². The lowest BCUT2D eigenvalue weighted by Gasteiger charge is -2.15. The summed E-state index contributed by atoms with van der Waals surface area (Å²) in [5.74, 6) is 1.26. The lowest BCUT2D eigenvalue weighted by molar-refractivity contribution is 0.469. The maximum Gasteiger partial charge on any atom is 0.148 e. The maximum atomic E-state index is 13.4. The second-order valence-corrected chi connectivity index (χ2v) is 4.69. The minimum absolute atomic E-state index is 0.233. The van der Waals surface area contributed by atoms with Gasteiger partial charge in [0.2, 0.25) is 0 Å². The zero-order valence-electron chi connectivity index (χ0n) is 10.7. The number of aromatic nitrogens is 1. The SMILES string of the molecule is CNCC1Cc2ncccc2Oc2cc(F)ccc21. The molecule has 3 rings (SSSR count). The van der Waals surface area contributed by atoms with Crippen LogP contribution < -0.4 is 10.1 Å². The molecule has 0 aliphatic carbocycles. The number of nitrogens with zero attached hydrogens (tertiary/aromatic N) is 1. The van der Waals surface area contributed by atoms with E-state index in [1.165, 1.54) is 12.1 Å². The van der Waals surface area contributed by atoms with Crippen LogP contribution in [0.4, 0.5) is 4.39 Å². The molecule has 1 unspecified atom stereocenters. The molecule has 0 amide bonds. The summed E-state index contributed by atoms with van der Waals surface area (Å²) in [4.78, 5) is 4.37. The van der Waals surface area contributed by atoms with Crippen molar-refractivity contribution in [2.45, 2.75) is 12.3 Å². The highest BCUT2D eigenvalue weighted by atomic mass is 19.1. The van der Waals surface area contributed by atoms with E-state index in [2.05, 4.69) is 10.3 Å². The lowest BCUT2D eigenvalue weighted by Crippen LogP contribution is -2.19. The van der Waals surface area contributed by atoms with E-state index in [1.807, 2.05) is 19.2 Å². The summed E-state index contributed by atoms with van der Waals surface area (Å²) >= 11 is 0. The molecular weight excluding hydrogens is 243 g/mol. The number of rotatable bonds is 2. The van der Waals surface area contributed by atoms with Crippen LogP contribution in [0, 0.1) is 5.82 Å². The Kier molecular flexibility index (Phi) is 3.17. The summed E-state index contributed by atoms with van der Waals surface area (Å²) in [5.41, 5.74) is 1.94. The number of hydrogen-bond acceptors (Lipinski definition) is 3. The number of fused-ring (bicyclic) bond motifs is 2. The molecule has 0 saturated carbocycles. The highest BCUT2D eigenvalue weighted by molar-refractivity contribution is 5.45. The Labute approximate surface area is 111 Å². The molecule has 2 aromatic rings. The van der Waals surface area contributed by atoms with Crippen LogP contribution >= 0.6 is 0 Å². The molecule has 2 heterocycles. The van der Waals surface area contributed by atoms with Crippen LogP contribution in [0.2, 0.25) is 0 Å². The van der Waals surface area contributed by atoms with Gasteiger partial charge < -0.3 is 10.1 Å². The second-order valence-electron chi connectivity index (χ2n) is 4.69. The van der Waals surface area contributed by atoms with E-state index < -0.39 is 0 Å². The molecule has 1 aromatic heterocycles. The standard InChI is InChI=1S/C15H15FN2O/c1-17-9-10-7-13-14(3-2-6-18-13)19-15-8-11(16)4-5-12(10)15/h2-6,8,10,17H,7,9H2,1H3. The van der Waals surface area contributed by atoms with Crippen molar-refractivity contribution in [3.63, 3.8) is 0 Å². The van der Waals surface area contributed by atoms with Crippen LogP contribution in [0.15, 0.2) is 36.5 Å². The van der Waals surface area contributed by atoms with Gasteiger partial charge in [-0.1, -0.05) is 6.07 Å². The number of halogens is 1.